The molecule has 2 heterocycles. The molecule has 134 valence electrons. The van der Waals surface area contributed by atoms with Crippen molar-refractivity contribution < 1.29 is 14.3 Å². The first-order valence-corrected chi connectivity index (χ1v) is 8.46. The highest BCUT2D eigenvalue weighted by atomic mass is 16.6. The fourth-order valence-corrected chi connectivity index (χ4v) is 2.55. The monoisotopic (exact) mass is 337 g/mol. The van der Waals surface area contributed by atoms with Crippen LogP contribution in [0.2, 0.25) is 0 Å². The molecule has 2 amide bonds. The number of nitrogens with one attached hydrogen (secondary N) is 1. The van der Waals surface area contributed by atoms with Crippen molar-refractivity contribution >= 4 is 12.0 Å². The molecular weight excluding hydrogens is 310 g/mol. The average molecular weight is 337 g/mol. The van der Waals surface area contributed by atoms with E-state index in [9.17, 15) is 9.59 Å². The molecule has 8 heteroatoms. The number of hydrogen-bond donors (Lipinski definition) is 1. The van der Waals surface area contributed by atoms with Crippen LogP contribution in [-0.4, -0.2) is 49.9 Å². The Hall–Kier alpha value is -2.12. The van der Waals surface area contributed by atoms with Gasteiger partial charge in [-0.1, -0.05) is 13.8 Å². The molecule has 2 rings (SSSR count). The predicted octanol–water partition coefficient (Wildman–Crippen LogP) is 1.95. The Kier molecular flexibility index (Phi) is 5.46. The molecule has 1 aliphatic heterocycles. The van der Waals surface area contributed by atoms with E-state index in [2.05, 4.69) is 15.5 Å². The number of hydrogen-bond acceptors (Lipinski definition) is 5. The summed E-state index contributed by atoms with van der Waals surface area (Å²) in [6.07, 6.45) is 1.37. The van der Waals surface area contributed by atoms with Crippen LogP contribution in [0.4, 0.5) is 4.79 Å². The molecule has 0 unspecified atom stereocenters. The molecule has 8 nitrogen and oxygen atoms in total. The van der Waals surface area contributed by atoms with Crippen molar-refractivity contribution in [2.75, 3.05) is 6.54 Å². The van der Waals surface area contributed by atoms with Gasteiger partial charge in [-0.05, 0) is 33.6 Å². The van der Waals surface area contributed by atoms with Crippen molar-refractivity contribution in [1.29, 1.82) is 0 Å². The van der Waals surface area contributed by atoms with Crippen molar-refractivity contribution in [3.63, 3.8) is 0 Å². The molecule has 0 fully saturated rings. The molecule has 0 aliphatic carbocycles. The lowest BCUT2D eigenvalue weighted by Gasteiger charge is -2.30. The van der Waals surface area contributed by atoms with Crippen LogP contribution >= 0.6 is 0 Å². The molecule has 0 atom stereocenters. The van der Waals surface area contributed by atoms with E-state index in [1.54, 1.807) is 9.47 Å². The van der Waals surface area contributed by atoms with Crippen LogP contribution in [0.15, 0.2) is 0 Å². The molecule has 1 aromatic rings. The SMILES string of the molecule is CCC(CC)NC(=O)c1nnc2n1CCN(C(=O)OC(C)(C)C)C2. The number of carbonyl (C=O) groups excluding carboxylic acids is 2. The molecule has 0 aromatic carbocycles. The smallest absolute Gasteiger partial charge is 0.410 e. The van der Waals surface area contributed by atoms with Gasteiger partial charge in [0.15, 0.2) is 5.82 Å². The van der Waals surface area contributed by atoms with E-state index in [-0.39, 0.29) is 18.0 Å². The van der Waals surface area contributed by atoms with Gasteiger partial charge in [0.25, 0.3) is 5.91 Å². The minimum absolute atomic E-state index is 0.132. The number of carbonyl (C=O) groups is 2. The van der Waals surface area contributed by atoms with Gasteiger partial charge in [0.05, 0.1) is 6.54 Å². The minimum atomic E-state index is -0.539. The van der Waals surface area contributed by atoms with Gasteiger partial charge in [-0.3, -0.25) is 9.69 Å². The fraction of sp³-hybridized carbons (Fsp3) is 0.750. The second-order valence-electron chi connectivity index (χ2n) is 6.98. The Morgan fingerprint density at radius 3 is 2.46 bits per heavy atom. The number of amides is 2. The molecule has 0 saturated heterocycles. The number of ether oxygens (including phenoxy) is 1. The fourth-order valence-electron chi connectivity index (χ4n) is 2.55. The summed E-state index contributed by atoms with van der Waals surface area (Å²) in [5, 5.41) is 11.0. The Labute approximate surface area is 142 Å². The summed E-state index contributed by atoms with van der Waals surface area (Å²) >= 11 is 0. The highest BCUT2D eigenvalue weighted by molar-refractivity contribution is 5.91. The summed E-state index contributed by atoms with van der Waals surface area (Å²) in [4.78, 5) is 26.1. The van der Waals surface area contributed by atoms with Crippen molar-refractivity contribution in [2.45, 2.75) is 72.2 Å². The van der Waals surface area contributed by atoms with Crippen LogP contribution in [0.1, 0.15) is 63.9 Å². The maximum absolute atomic E-state index is 12.4. The lowest BCUT2D eigenvalue weighted by molar-refractivity contribution is 0.0195. The summed E-state index contributed by atoms with van der Waals surface area (Å²) < 4.78 is 7.15. The van der Waals surface area contributed by atoms with E-state index in [4.69, 9.17) is 4.74 Å². The van der Waals surface area contributed by atoms with Gasteiger partial charge in [0.1, 0.15) is 5.60 Å². The Morgan fingerprint density at radius 2 is 1.88 bits per heavy atom. The van der Waals surface area contributed by atoms with E-state index in [1.807, 2.05) is 34.6 Å². The van der Waals surface area contributed by atoms with Crippen LogP contribution in [-0.2, 0) is 17.8 Å². The number of nitrogens with zero attached hydrogens (tertiary/aromatic N) is 4. The Morgan fingerprint density at radius 1 is 1.21 bits per heavy atom. The highest BCUT2D eigenvalue weighted by Crippen LogP contribution is 2.16. The molecule has 0 spiro atoms. The van der Waals surface area contributed by atoms with E-state index >= 15 is 0 Å². The zero-order valence-corrected chi connectivity index (χ0v) is 15.1. The van der Waals surface area contributed by atoms with Crippen LogP contribution in [0.3, 0.4) is 0 Å². The van der Waals surface area contributed by atoms with Crippen molar-refractivity contribution in [1.82, 2.24) is 25.0 Å². The van der Waals surface area contributed by atoms with Crippen molar-refractivity contribution in [2.24, 2.45) is 0 Å². The van der Waals surface area contributed by atoms with Gasteiger partial charge in [0, 0.05) is 19.1 Å². The summed E-state index contributed by atoms with van der Waals surface area (Å²) in [7, 11) is 0. The van der Waals surface area contributed by atoms with Crippen LogP contribution in [0.25, 0.3) is 0 Å². The second kappa shape index (κ2) is 7.19. The molecule has 0 saturated carbocycles. The first kappa shape index (κ1) is 18.2. The molecule has 0 bridgehead atoms. The van der Waals surface area contributed by atoms with Crippen molar-refractivity contribution in [3.05, 3.63) is 11.6 Å². The van der Waals surface area contributed by atoms with E-state index in [1.165, 1.54) is 0 Å². The number of aromatic nitrogens is 3. The molecule has 24 heavy (non-hydrogen) atoms. The lowest BCUT2D eigenvalue weighted by Crippen LogP contribution is -2.43. The van der Waals surface area contributed by atoms with Gasteiger partial charge < -0.3 is 14.6 Å². The molecule has 1 aromatic heterocycles. The van der Waals surface area contributed by atoms with Gasteiger partial charge >= 0.3 is 6.09 Å². The predicted molar refractivity (Wildman–Crippen MR) is 88.5 cm³/mol. The van der Waals surface area contributed by atoms with E-state index in [0.717, 1.165) is 12.8 Å². The van der Waals surface area contributed by atoms with Gasteiger partial charge in [0.2, 0.25) is 5.82 Å². The normalized spacial score (nSPS) is 14.5. The van der Waals surface area contributed by atoms with Crippen LogP contribution < -0.4 is 5.32 Å². The molecule has 1 aliphatic rings. The third-order valence-corrected chi connectivity index (χ3v) is 3.93. The highest BCUT2D eigenvalue weighted by Gasteiger charge is 2.29. The third kappa shape index (κ3) is 4.24. The quantitative estimate of drug-likeness (QED) is 0.907. The molecule has 1 N–H and O–H groups in total. The van der Waals surface area contributed by atoms with Crippen LogP contribution in [0.5, 0.6) is 0 Å². The second-order valence-corrected chi connectivity index (χ2v) is 6.98. The third-order valence-electron chi connectivity index (χ3n) is 3.93. The van der Waals surface area contributed by atoms with Gasteiger partial charge in [-0.25, -0.2) is 4.79 Å². The maximum atomic E-state index is 12.4. The summed E-state index contributed by atoms with van der Waals surface area (Å²) in [6, 6.07) is 0.132. The molecular formula is C16H27N5O3. The first-order chi connectivity index (χ1) is 11.2. The zero-order valence-electron chi connectivity index (χ0n) is 15.1. The lowest BCUT2D eigenvalue weighted by atomic mass is 10.2. The van der Waals surface area contributed by atoms with E-state index < -0.39 is 5.60 Å². The van der Waals surface area contributed by atoms with Crippen molar-refractivity contribution in [3.8, 4) is 0 Å². The average Bonchev–Trinajstić information content (AvgIpc) is 2.93. The first-order valence-electron chi connectivity index (χ1n) is 8.46. The topological polar surface area (TPSA) is 89.4 Å². The summed E-state index contributed by atoms with van der Waals surface area (Å²) in [5.74, 6) is 0.690. The summed E-state index contributed by atoms with van der Waals surface area (Å²) in [5.41, 5.74) is -0.539. The standard InChI is InChI=1S/C16H27N5O3/c1-6-11(7-2)17-14(22)13-19-18-12-10-20(8-9-21(12)13)15(23)24-16(3,4)5/h11H,6-10H2,1-5H3,(H,17,22). The van der Waals surface area contributed by atoms with Crippen LogP contribution in [0, 0.1) is 0 Å². The van der Waals surface area contributed by atoms with Gasteiger partial charge in [-0.2, -0.15) is 0 Å². The summed E-state index contributed by atoms with van der Waals surface area (Å²) in [6.45, 7) is 10.8. The zero-order chi connectivity index (χ0) is 17.9. The molecule has 0 radical (unpaired) electrons. The van der Waals surface area contributed by atoms with E-state index in [0.29, 0.717) is 31.3 Å². The van der Waals surface area contributed by atoms with Gasteiger partial charge in [-0.15, -0.1) is 10.2 Å². The number of rotatable bonds is 4. The Balaban J connectivity index is 2.06. The minimum Gasteiger partial charge on any atom is -0.444 e. The maximum Gasteiger partial charge on any atom is 0.410 e. The number of fused-ring (bicyclic) bond motifs is 1. The Bertz CT molecular complexity index is 601. The largest absolute Gasteiger partial charge is 0.444 e.